The molecule has 0 spiro atoms. The maximum absolute atomic E-state index is 4.65. The van der Waals surface area contributed by atoms with Gasteiger partial charge in [-0.2, -0.15) is 4.98 Å². The van der Waals surface area contributed by atoms with E-state index in [-0.39, 0.29) is 0 Å². The number of thioether (sulfide) groups is 1. The van der Waals surface area contributed by atoms with Crippen LogP contribution in [0.4, 0.5) is 0 Å². The number of hydrogen-bond acceptors (Lipinski definition) is 5. The third kappa shape index (κ3) is 3.88. The number of nitrogens with zero attached hydrogens (tertiary/aromatic N) is 5. The molecule has 0 fully saturated rings. The maximum atomic E-state index is 4.65. The van der Waals surface area contributed by atoms with E-state index >= 15 is 0 Å². The topological polar surface area (TPSA) is 56.0 Å². The van der Waals surface area contributed by atoms with E-state index in [0.29, 0.717) is 0 Å². The van der Waals surface area contributed by atoms with Crippen molar-refractivity contribution in [3.05, 3.63) is 47.5 Å². The molecule has 0 saturated heterocycles. The van der Waals surface area contributed by atoms with Crippen molar-refractivity contribution >= 4 is 17.5 Å². The zero-order chi connectivity index (χ0) is 16.1. The largest absolute Gasteiger partial charge is 0.265 e. The lowest BCUT2D eigenvalue weighted by atomic mass is 10.2. The number of aromatic nitrogens is 5. The molecule has 0 atom stereocenters. The molecule has 3 aromatic rings. The molecule has 0 aromatic carbocycles. The van der Waals surface area contributed by atoms with Gasteiger partial charge < -0.3 is 0 Å². The summed E-state index contributed by atoms with van der Waals surface area (Å²) in [5.41, 5.74) is 3.53. The summed E-state index contributed by atoms with van der Waals surface area (Å²) in [6, 6.07) is 6.21. The molecule has 0 aliphatic rings. The van der Waals surface area contributed by atoms with Crippen LogP contribution in [0.5, 0.6) is 0 Å². The third-order valence-electron chi connectivity index (χ3n) is 3.55. The van der Waals surface area contributed by atoms with Crippen LogP contribution < -0.4 is 0 Å². The molecule has 0 N–H and O–H groups in total. The molecule has 0 saturated carbocycles. The van der Waals surface area contributed by atoms with Crippen molar-refractivity contribution in [2.24, 2.45) is 0 Å². The van der Waals surface area contributed by atoms with Gasteiger partial charge in [0.15, 0.2) is 0 Å². The molecular weight excluding hydrogens is 306 g/mol. The number of rotatable bonds is 7. The van der Waals surface area contributed by atoms with E-state index in [1.807, 2.05) is 29.0 Å². The van der Waals surface area contributed by atoms with E-state index in [1.54, 1.807) is 11.8 Å². The zero-order valence-corrected chi connectivity index (χ0v) is 14.4. The lowest BCUT2D eigenvalue weighted by molar-refractivity contribution is 0.762. The van der Waals surface area contributed by atoms with Crippen molar-refractivity contribution in [2.45, 2.75) is 50.4 Å². The number of fused-ring (bicyclic) bond motifs is 1. The van der Waals surface area contributed by atoms with E-state index in [1.165, 1.54) is 11.3 Å². The van der Waals surface area contributed by atoms with Gasteiger partial charge in [0.25, 0.3) is 5.78 Å². The van der Waals surface area contributed by atoms with Gasteiger partial charge in [-0.15, -0.1) is 5.10 Å². The standard InChI is InChI=1S/C17H21N5S/c1-3-5-14-11-15(6-4-2)22-16(19-14)20-17(21-22)23-12-13-7-9-18-10-8-13/h7-11H,3-6,12H2,1-2H3. The smallest absolute Gasteiger partial charge is 0.253 e. The van der Waals surface area contributed by atoms with Crippen LogP contribution in [0.25, 0.3) is 5.78 Å². The van der Waals surface area contributed by atoms with Crippen LogP contribution in [0.3, 0.4) is 0 Å². The van der Waals surface area contributed by atoms with Gasteiger partial charge in [-0.1, -0.05) is 38.5 Å². The number of hydrogen-bond donors (Lipinski definition) is 0. The van der Waals surface area contributed by atoms with E-state index in [2.05, 4.69) is 40.0 Å². The fourth-order valence-electron chi connectivity index (χ4n) is 2.47. The molecule has 0 bridgehead atoms. The summed E-state index contributed by atoms with van der Waals surface area (Å²) < 4.78 is 1.90. The van der Waals surface area contributed by atoms with E-state index in [4.69, 9.17) is 0 Å². The lowest BCUT2D eigenvalue weighted by Crippen LogP contribution is -2.03. The van der Waals surface area contributed by atoms with Crippen LogP contribution in [0.15, 0.2) is 35.7 Å². The average molecular weight is 327 g/mol. The summed E-state index contributed by atoms with van der Waals surface area (Å²) in [5.74, 6) is 1.56. The molecule has 5 nitrogen and oxygen atoms in total. The van der Waals surface area contributed by atoms with Crippen molar-refractivity contribution in [1.29, 1.82) is 0 Å². The maximum Gasteiger partial charge on any atom is 0.253 e. The first-order valence-electron chi connectivity index (χ1n) is 8.07. The monoisotopic (exact) mass is 327 g/mol. The Morgan fingerprint density at radius 1 is 1.04 bits per heavy atom. The van der Waals surface area contributed by atoms with Crippen molar-refractivity contribution in [2.75, 3.05) is 0 Å². The fourth-order valence-corrected chi connectivity index (χ4v) is 3.25. The molecule has 3 heterocycles. The third-order valence-corrected chi connectivity index (χ3v) is 4.46. The minimum atomic E-state index is 0.719. The molecule has 0 unspecified atom stereocenters. The first kappa shape index (κ1) is 15.9. The summed E-state index contributed by atoms with van der Waals surface area (Å²) in [4.78, 5) is 13.3. The quantitative estimate of drug-likeness (QED) is 0.619. The second-order valence-corrected chi connectivity index (χ2v) is 6.43. The molecule has 0 aliphatic carbocycles. The lowest BCUT2D eigenvalue weighted by Gasteiger charge is -2.05. The van der Waals surface area contributed by atoms with Gasteiger partial charge in [0.05, 0.1) is 0 Å². The molecule has 0 amide bonds. The molecule has 120 valence electrons. The van der Waals surface area contributed by atoms with Crippen LogP contribution in [0.2, 0.25) is 0 Å². The van der Waals surface area contributed by atoms with Gasteiger partial charge in [0, 0.05) is 29.5 Å². The van der Waals surface area contributed by atoms with E-state index in [0.717, 1.165) is 48.1 Å². The van der Waals surface area contributed by atoms with Gasteiger partial charge in [0.1, 0.15) is 0 Å². The first-order chi connectivity index (χ1) is 11.3. The minimum Gasteiger partial charge on any atom is -0.265 e. The highest BCUT2D eigenvalue weighted by molar-refractivity contribution is 7.98. The van der Waals surface area contributed by atoms with E-state index < -0.39 is 0 Å². The molecule has 0 radical (unpaired) electrons. The summed E-state index contributed by atoms with van der Waals surface area (Å²) in [6.07, 6.45) is 7.78. The Morgan fingerprint density at radius 2 is 1.83 bits per heavy atom. The average Bonchev–Trinajstić information content (AvgIpc) is 2.98. The molecule has 3 rings (SSSR count). The highest BCUT2D eigenvalue weighted by Crippen LogP contribution is 2.20. The fraction of sp³-hybridized carbons (Fsp3) is 0.412. The number of aryl methyl sites for hydroxylation is 2. The highest BCUT2D eigenvalue weighted by atomic mass is 32.2. The Bertz CT molecular complexity index is 769. The second kappa shape index (κ2) is 7.55. The van der Waals surface area contributed by atoms with Crippen LogP contribution >= 0.6 is 11.8 Å². The molecular formula is C17H21N5S. The van der Waals surface area contributed by atoms with Crippen LogP contribution in [0, 0.1) is 0 Å². The predicted octanol–water partition coefficient (Wildman–Crippen LogP) is 3.72. The van der Waals surface area contributed by atoms with Crippen molar-refractivity contribution in [3.8, 4) is 0 Å². The van der Waals surface area contributed by atoms with Crippen LogP contribution in [0.1, 0.15) is 43.6 Å². The van der Waals surface area contributed by atoms with Crippen molar-refractivity contribution in [1.82, 2.24) is 24.6 Å². The van der Waals surface area contributed by atoms with Crippen LogP contribution in [-0.2, 0) is 18.6 Å². The molecule has 6 heteroatoms. The summed E-state index contributed by atoms with van der Waals surface area (Å²) in [6.45, 7) is 4.35. The Labute approximate surface area is 140 Å². The van der Waals surface area contributed by atoms with Crippen LogP contribution in [-0.4, -0.2) is 24.6 Å². The molecule has 0 aliphatic heterocycles. The molecule has 23 heavy (non-hydrogen) atoms. The van der Waals surface area contributed by atoms with Gasteiger partial charge in [-0.05, 0) is 36.6 Å². The van der Waals surface area contributed by atoms with Crippen molar-refractivity contribution in [3.63, 3.8) is 0 Å². The Hall–Kier alpha value is -1.95. The minimum absolute atomic E-state index is 0.719. The highest BCUT2D eigenvalue weighted by Gasteiger charge is 2.11. The normalized spacial score (nSPS) is 11.2. The summed E-state index contributed by atoms with van der Waals surface area (Å²) in [7, 11) is 0. The molecule has 3 aromatic heterocycles. The first-order valence-corrected chi connectivity index (χ1v) is 9.06. The summed E-state index contributed by atoms with van der Waals surface area (Å²) >= 11 is 1.63. The van der Waals surface area contributed by atoms with Gasteiger partial charge in [-0.25, -0.2) is 9.50 Å². The van der Waals surface area contributed by atoms with E-state index in [9.17, 15) is 0 Å². The second-order valence-electron chi connectivity index (χ2n) is 5.49. The number of pyridine rings is 1. The van der Waals surface area contributed by atoms with Gasteiger partial charge >= 0.3 is 0 Å². The van der Waals surface area contributed by atoms with Crippen molar-refractivity contribution < 1.29 is 0 Å². The Morgan fingerprint density at radius 3 is 2.57 bits per heavy atom. The van der Waals surface area contributed by atoms with Gasteiger partial charge in [0.2, 0.25) is 5.16 Å². The van der Waals surface area contributed by atoms with Gasteiger partial charge in [-0.3, -0.25) is 4.98 Å². The Balaban J connectivity index is 1.86. The zero-order valence-electron chi connectivity index (χ0n) is 13.6. The predicted molar refractivity (Wildman–Crippen MR) is 92.6 cm³/mol. The summed E-state index contributed by atoms with van der Waals surface area (Å²) in [5, 5.41) is 5.42. The SMILES string of the molecule is CCCc1cc(CCC)n2nc(SCc3ccncc3)nc2n1. The Kier molecular flexibility index (Phi) is 5.23.